The third kappa shape index (κ3) is 6.51. The van der Waals surface area contributed by atoms with Crippen LogP contribution in [-0.2, 0) is 21.2 Å². The summed E-state index contributed by atoms with van der Waals surface area (Å²) in [6.07, 6.45) is 7.63. The quantitative estimate of drug-likeness (QED) is 0.244. The van der Waals surface area contributed by atoms with Crippen LogP contribution in [0.3, 0.4) is 0 Å². The molecule has 6 rings (SSSR count). The number of fused-ring (bicyclic) bond motifs is 2. The molecule has 1 aliphatic carbocycles. The van der Waals surface area contributed by atoms with Crippen LogP contribution in [0.1, 0.15) is 56.1 Å². The van der Waals surface area contributed by atoms with Crippen LogP contribution in [0.25, 0.3) is 22.1 Å². The molecule has 1 aliphatic heterocycles. The Bertz CT molecular complexity index is 1840. The maximum absolute atomic E-state index is 12.6. The number of ether oxygens (including phenoxy) is 2. The number of carbonyl (C=O) groups excluding carboxylic acids is 1. The van der Waals surface area contributed by atoms with Crippen molar-refractivity contribution in [3.05, 3.63) is 83.4 Å². The van der Waals surface area contributed by atoms with Crippen LogP contribution in [0.2, 0.25) is 0 Å². The molecule has 4 aromatic rings. The third-order valence-electron chi connectivity index (χ3n) is 8.54. The summed E-state index contributed by atoms with van der Waals surface area (Å²) in [6, 6.07) is 20.2. The summed E-state index contributed by atoms with van der Waals surface area (Å²) in [7, 11) is -2.09. The van der Waals surface area contributed by atoms with Crippen LogP contribution < -0.4 is 25.2 Å². The molecule has 0 bridgehead atoms. The molecular weight excluding hydrogens is 578 g/mol. The van der Waals surface area contributed by atoms with Gasteiger partial charge in [0.25, 0.3) is 0 Å². The van der Waals surface area contributed by atoms with Gasteiger partial charge in [-0.05, 0) is 92.5 Å². The molecule has 2 N–H and O–H groups in total. The first-order chi connectivity index (χ1) is 21.2. The normalized spacial score (nSPS) is 16.4. The Morgan fingerprint density at radius 3 is 2.45 bits per heavy atom. The molecule has 2 aliphatic rings. The molecule has 0 radical (unpaired) electrons. The number of nitrogens with one attached hydrogen (secondary N) is 2. The zero-order valence-electron chi connectivity index (χ0n) is 25.0. The predicted octanol–water partition coefficient (Wildman–Crippen LogP) is 5.75. The molecule has 0 saturated heterocycles. The Kier molecular flexibility index (Phi) is 8.46. The van der Waals surface area contributed by atoms with Crippen molar-refractivity contribution in [2.45, 2.75) is 68.8 Å². The second-order valence-electron chi connectivity index (χ2n) is 11.6. The van der Waals surface area contributed by atoms with Gasteiger partial charge in [0.1, 0.15) is 22.7 Å². The van der Waals surface area contributed by atoms with Crippen molar-refractivity contribution in [1.29, 1.82) is 0 Å². The molecule has 44 heavy (non-hydrogen) atoms. The van der Waals surface area contributed by atoms with Gasteiger partial charge in [-0.25, -0.2) is 18.6 Å². The van der Waals surface area contributed by atoms with Crippen molar-refractivity contribution in [3.63, 3.8) is 0 Å². The molecular formula is C34H37N3O6S. The van der Waals surface area contributed by atoms with Crippen molar-refractivity contribution in [1.82, 2.24) is 10.1 Å². The number of rotatable bonds is 8. The van der Waals surface area contributed by atoms with Gasteiger partial charge in [0.05, 0.1) is 12.0 Å². The number of hydrogen-bond donors (Lipinski definition) is 2. The van der Waals surface area contributed by atoms with E-state index in [1.807, 2.05) is 37.3 Å². The molecule has 3 aromatic carbocycles. The Balaban J connectivity index is 1.26. The minimum Gasteiger partial charge on any atom is -0.497 e. The molecule has 2 heterocycles. The van der Waals surface area contributed by atoms with Crippen molar-refractivity contribution < 1.29 is 27.1 Å². The number of nitrogens with zero attached hydrogens (tertiary/aromatic N) is 1. The summed E-state index contributed by atoms with van der Waals surface area (Å²) >= 11 is 0. The fourth-order valence-electron chi connectivity index (χ4n) is 6.07. The first-order valence-electron chi connectivity index (χ1n) is 15.1. The van der Waals surface area contributed by atoms with Crippen molar-refractivity contribution in [2.24, 2.45) is 5.10 Å². The number of methoxy groups -OCH3 is 1. The predicted molar refractivity (Wildman–Crippen MR) is 168 cm³/mol. The van der Waals surface area contributed by atoms with E-state index in [0.29, 0.717) is 5.58 Å². The lowest BCUT2D eigenvalue weighted by molar-refractivity contribution is -0.121. The maximum atomic E-state index is 12.6. The second kappa shape index (κ2) is 12.5. The lowest BCUT2D eigenvalue weighted by atomic mass is 9.79. The molecule has 230 valence electrons. The first-order valence-corrected chi connectivity index (χ1v) is 16.6. The SMILES string of the molecule is COc1ccc(-c2c/c(=N/NC(=O)CCNS(=O)(=O)c3ccc(C)cc3)oc3cc4c(cc23)CCC2(CCCCC2)O4)cc1. The van der Waals surface area contributed by atoms with Crippen LogP contribution >= 0.6 is 0 Å². The van der Waals surface area contributed by atoms with Crippen molar-refractivity contribution in [3.8, 4) is 22.6 Å². The van der Waals surface area contributed by atoms with E-state index in [0.717, 1.165) is 64.8 Å². The number of amides is 1. The fourth-order valence-corrected chi connectivity index (χ4v) is 7.10. The Morgan fingerprint density at radius 1 is 0.977 bits per heavy atom. The van der Waals surface area contributed by atoms with Gasteiger partial charge in [-0.2, -0.15) is 0 Å². The van der Waals surface area contributed by atoms with E-state index in [1.165, 1.54) is 31.4 Å². The van der Waals surface area contributed by atoms with E-state index < -0.39 is 15.9 Å². The molecule has 1 aromatic heterocycles. The summed E-state index contributed by atoms with van der Waals surface area (Å²) in [5, 5.41) is 5.17. The highest BCUT2D eigenvalue weighted by Gasteiger charge is 2.37. The van der Waals surface area contributed by atoms with E-state index in [1.54, 1.807) is 25.3 Å². The smallest absolute Gasteiger partial charge is 0.241 e. The number of carbonyl (C=O) groups is 1. The minimum absolute atomic E-state index is 0.0747. The largest absolute Gasteiger partial charge is 0.497 e. The van der Waals surface area contributed by atoms with Gasteiger partial charge in [-0.3, -0.25) is 4.79 Å². The highest BCUT2D eigenvalue weighted by atomic mass is 32.2. The van der Waals surface area contributed by atoms with Crippen LogP contribution in [-0.4, -0.2) is 33.6 Å². The maximum Gasteiger partial charge on any atom is 0.241 e. The number of benzene rings is 3. The van der Waals surface area contributed by atoms with E-state index in [4.69, 9.17) is 13.9 Å². The molecule has 10 heteroatoms. The fraction of sp³-hybridized carbons (Fsp3) is 0.353. The monoisotopic (exact) mass is 615 g/mol. The van der Waals surface area contributed by atoms with E-state index in [9.17, 15) is 13.2 Å². The van der Waals surface area contributed by atoms with Gasteiger partial charge >= 0.3 is 0 Å². The van der Waals surface area contributed by atoms with E-state index in [2.05, 4.69) is 21.3 Å². The van der Waals surface area contributed by atoms with Crippen LogP contribution in [0.4, 0.5) is 0 Å². The van der Waals surface area contributed by atoms with Gasteiger partial charge in [0, 0.05) is 30.5 Å². The number of aryl methyl sites for hydroxylation is 2. The molecule has 1 amide bonds. The third-order valence-corrected chi connectivity index (χ3v) is 10.0. The van der Waals surface area contributed by atoms with Gasteiger partial charge in [-0.1, -0.05) is 36.2 Å². The molecule has 1 fully saturated rings. The Morgan fingerprint density at radius 2 is 1.73 bits per heavy atom. The van der Waals surface area contributed by atoms with E-state index >= 15 is 0 Å². The van der Waals surface area contributed by atoms with Crippen LogP contribution in [0, 0.1) is 6.92 Å². The summed E-state index contributed by atoms with van der Waals surface area (Å²) in [5.74, 6) is 1.14. The lowest BCUT2D eigenvalue weighted by Gasteiger charge is -2.41. The van der Waals surface area contributed by atoms with Crippen LogP contribution in [0.15, 0.2) is 81.1 Å². The van der Waals surface area contributed by atoms with Crippen molar-refractivity contribution >= 4 is 26.9 Å². The highest BCUT2D eigenvalue weighted by molar-refractivity contribution is 7.89. The number of hydrogen-bond acceptors (Lipinski definition) is 7. The standard InChI is InChI=1S/C34H37N3O6S/c1-23-6-12-27(13-7-23)44(39,40)35-19-15-32(38)36-37-33-21-28(24-8-10-26(41-2)11-9-24)29-20-25-14-18-34(16-4-3-5-17-34)43-30(25)22-31(29)42-33/h6-13,20-22,35H,3-5,14-19H2,1-2H3,(H,36,38)/b37-33-. The van der Waals surface area contributed by atoms with Gasteiger partial charge in [-0.15, -0.1) is 5.10 Å². The van der Waals surface area contributed by atoms with Crippen molar-refractivity contribution in [2.75, 3.05) is 13.7 Å². The topological polar surface area (TPSA) is 119 Å². The zero-order valence-corrected chi connectivity index (χ0v) is 25.8. The molecule has 9 nitrogen and oxygen atoms in total. The average molecular weight is 616 g/mol. The summed E-state index contributed by atoms with van der Waals surface area (Å²) in [5.41, 5.74) is 7.17. The molecule has 0 unspecified atom stereocenters. The summed E-state index contributed by atoms with van der Waals surface area (Å²) < 4.78 is 45.7. The zero-order chi connectivity index (χ0) is 30.7. The second-order valence-corrected chi connectivity index (χ2v) is 13.4. The summed E-state index contributed by atoms with van der Waals surface area (Å²) in [6.45, 7) is 1.81. The summed E-state index contributed by atoms with van der Waals surface area (Å²) in [4.78, 5) is 12.8. The Hall–Kier alpha value is -4.15. The minimum atomic E-state index is -3.72. The van der Waals surface area contributed by atoms with Gasteiger partial charge in [0.15, 0.2) is 0 Å². The average Bonchev–Trinajstić information content (AvgIpc) is 3.03. The highest BCUT2D eigenvalue weighted by Crippen LogP contribution is 2.44. The Labute approximate surface area is 257 Å². The van der Waals surface area contributed by atoms with Gasteiger partial charge < -0.3 is 13.9 Å². The first kappa shape index (κ1) is 29.9. The molecule has 1 saturated carbocycles. The molecule has 0 atom stereocenters. The lowest BCUT2D eigenvalue weighted by Crippen LogP contribution is -2.41. The van der Waals surface area contributed by atoms with E-state index in [-0.39, 0.29) is 29.0 Å². The van der Waals surface area contributed by atoms with Gasteiger partial charge in [0.2, 0.25) is 21.5 Å². The number of sulfonamides is 1. The van der Waals surface area contributed by atoms with Crippen LogP contribution in [0.5, 0.6) is 11.5 Å². The molecule has 1 spiro atoms.